The molecule has 2 atom stereocenters. The molecule has 0 fully saturated rings. The van der Waals surface area contributed by atoms with Crippen molar-refractivity contribution in [1.82, 2.24) is 5.32 Å². The van der Waals surface area contributed by atoms with E-state index in [1.54, 1.807) is 54.6 Å². The molecular weight excluding hydrogens is 429 g/mol. The lowest BCUT2D eigenvalue weighted by molar-refractivity contribution is 0.106. The van der Waals surface area contributed by atoms with E-state index >= 15 is 0 Å². The Morgan fingerprint density at radius 1 is 0.875 bits per heavy atom. The van der Waals surface area contributed by atoms with Crippen molar-refractivity contribution in [3.05, 3.63) is 84.4 Å². The molecule has 170 valence electrons. The molecule has 3 aromatic rings. The molecule has 0 aliphatic carbocycles. The van der Waals surface area contributed by atoms with E-state index < -0.39 is 13.5 Å². The minimum absolute atomic E-state index is 0.154. The Balaban J connectivity index is 1.34. The predicted octanol–water partition coefficient (Wildman–Crippen LogP) is 2.90. The van der Waals surface area contributed by atoms with E-state index in [4.69, 9.17) is 9.47 Å². The van der Waals surface area contributed by atoms with Crippen molar-refractivity contribution in [3.63, 3.8) is 0 Å². The Morgan fingerprint density at radius 2 is 1.50 bits per heavy atom. The highest BCUT2D eigenvalue weighted by Crippen LogP contribution is 2.39. The number of aliphatic hydroxyl groups is 1. The molecular formula is C24H28NO6P. The van der Waals surface area contributed by atoms with Gasteiger partial charge >= 0.3 is 0 Å². The van der Waals surface area contributed by atoms with E-state index in [0.29, 0.717) is 29.9 Å². The molecule has 0 aliphatic rings. The van der Waals surface area contributed by atoms with Gasteiger partial charge in [-0.05, 0) is 67.1 Å². The maximum absolute atomic E-state index is 12.4. The lowest BCUT2D eigenvalue weighted by Crippen LogP contribution is -2.32. The lowest BCUT2D eigenvalue weighted by atomic mass is 10.1. The van der Waals surface area contributed by atoms with Crippen molar-refractivity contribution in [1.29, 1.82) is 0 Å². The molecule has 0 aliphatic heterocycles. The third kappa shape index (κ3) is 7.70. The predicted molar refractivity (Wildman–Crippen MR) is 124 cm³/mol. The summed E-state index contributed by atoms with van der Waals surface area (Å²) in [6.07, 6.45) is -0.172. The Kier molecular flexibility index (Phi) is 8.71. The number of aromatic hydroxyl groups is 1. The lowest BCUT2D eigenvalue weighted by Gasteiger charge is -2.14. The number of phenols is 1. The van der Waals surface area contributed by atoms with Crippen LogP contribution < -0.4 is 20.1 Å². The van der Waals surface area contributed by atoms with Gasteiger partial charge in [0.1, 0.15) is 30.0 Å². The number of aliphatic hydroxyl groups excluding tert-OH is 1. The molecule has 0 heterocycles. The van der Waals surface area contributed by atoms with Gasteiger partial charge in [-0.1, -0.05) is 30.3 Å². The molecule has 0 saturated carbocycles. The Morgan fingerprint density at radius 3 is 2.19 bits per heavy atom. The Labute approximate surface area is 187 Å². The minimum atomic E-state index is -3.56. The van der Waals surface area contributed by atoms with Gasteiger partial charge in [0.25, 0.3) is 7.37 Å². The molecule has 4 N–H and O–H groups in total. The standard InChI is InChI=1S/C24H28NO6P/c26-20-8-12-22(13-9-20)30-17-21(27)16-25-15-14-19-6-10-23(11-7-19)31-18-32(28,29)24-4-2-1-3-5-24/h1-13,21,25-27H,14-18H2,(H,28,29)/t21-/m0/s1. The number of rotatable bonds is 12. The Bertz CT molecular complexity index is 995. The summed E-state index contributed by atoms with van der Waals surface area (Å²) in [4.78, 5) is 10.2. The van der Waals surface area contributed by atoms with Crippen LogP contribution in [0, 0.1) is 0 Å². The largest absolute Gasteiger partial charge is 0.508 e. The number of phenolic OH excluding ortho intramolecular Hbond substituents is 1. The number of ether oxygens (including phenoxy) is 2. The molecule has 0 bridgehead atoms. The quantitative estimate of drug-likeness (QED) is 0.245. The van der Waals surface area contributed by atoms with Crippen LogP contribution in [0.2, 0.25) is 0 Å². The second kappa shape index (κ2) is 11.7. The van der Waals surface area contributed by atoms with E-state index in [9.17, 15) is 19.7 Å². The van der Waals surface area contributed by atoms with E-state index in [1.165, 1.54) is 12.1 Å². The van der Waals surface area contributed by atoms with Gasteiger partial charge in [-0.3, -0.25) is 4.57 Å². The zero-order chi connectivity index (χ0) is 22.8. The molecule has 0 amide bonds. The normalized spacial score (nSPS) is 13.8. The fraction of sp³-hybridized carbons (Fsp3) is 0.250. The maximum atomic E-state index is 12.4. The molecule has 8 heteroatoms. The molecule has 1 unspecified atom stereocenters. The van der Waals surface area contributed by atoms with Crippen LogP contribution in [-0.2, 0) is 11.0 Å². The van der Waals surface area contributed by atoms with Crippen LogP contribution in [0.3, 0.4) is 0 Å². The minimum Gasteiger partial charge on any atom is -0.508 e. The average molecular weight is 457 g/mol. The third-order valence-corrected chi connectivity index (χ3v) is 6.32. The van der Waals surface area contributed by atoms with Gasteiger partial charge in [0.05, 0.1) is 0 Å². The van der Waals surface area contributed by atoms with Gasteiger partial charge < -0.3 is 29.9 Å². The molecule has 32 heavy (non-hydrogen) atoms. The van der Waals surface area contributed by atoms with Crippen molar-refractivity contribution in [3.8, 4) is 17.2 Å². The van der Waals surface area contributed by atoms with Gasteiger partial charge in [-0.15, -0.1) is 0 Å². The van der Waals surface area contributed by atoms with Gasteiger partial charge in [0, 0.05) is 11.8 Å². The second-order valence-electron chi connectivity index (χ2n) is 7.37. The first-order chi connectivity index (χ1) is 15.4. The van der Waals surface area contributed by atoms with Crippen LogP contribution in [0.15, 0.2) is 78.9 Å². The van der Waals surface area contributed by atoms with Crippen LogP contribution in [0.25, 0.3) is 0 Å². The number of nitrogens with one attached hydrogen (secondary N) is 1. The summed E-state index contributed by atoms with van der Waals surface area (Å²) in [5.41, 5.74) is 1.08. The van der Waals surface area contributed by atoms with Crippen molar-refractivity contribution in [2.45, 2.75) is 12.5 Å². The van der Waals surface area contributed by atoms with Crippen LogP contribution >= 0.6 is 7.37 Å². The van der Waals surface area contributed by atoms with Crippen molar-refractivity contribution in [2.24, 2.45) is 0 Å². The highest BCUT2D eigenvalue weighted by Gasteiger charge is 2.21. The monoisotopic (exact) mass is 457 g/mol. The third-order valence-electron chi connectivity index (χ3n) is 4.74. The topological polar surface area (TPSA) is 108 Å². The van der Waals surface area contributed by atoms with Crippen LogP contribution in [0.5, 0.6) is 17.2 Å². The average Bonchev–Trinajstić information content (AvgIpc) is 2.81. The van der Waals surface area contributed by atoms with Crippen molar-refractivity contribution >= 4 is 12.7 Å². The van der Waals surface area contributed by atoms with Crippen molar-refractivity contribution < 1.29 is 29.1 Å². The van der Waals surface area contributed by atoms with Crippen LogP contribution in [-0.4, -0.2) is 47.3 Å². The van der Waals surface area contributed by atoms with Crippen LogP contribution in [0.4, 0.5) is 0 Å². The number of benzene rings is 3. The van der Waals surface area contributed by atoms with E-state index in [-0.39, 0.29) is 18.7 Å². The zero-order valence-electron chi connectivity index (χ0n) is 17.6. The summed E-state index contributed by atoms with van der Waals surface area (Å²) in [6, 6.07) is 22.2. The molecule has 0 radical (unpaired) electrons. The van der Waals surface area contributed by atoms with Gasteiger partial charge in [-0.2, -0.15) is 0 Å². The fourth-order valence-electron chi connectivity index (χ4n) is 2.94. The van der Waals surface area contributed by atoms with E-state index in [2.05, 4.69) is 5.32 Å². The SMILES string of the molecule is O=P(O)(COc1ccc(CCNC[C@H](O)COc2ccc(O)cc2)cc1)c1ccccc1. The molecule has 0 aromatic heterocycles. The summed E-state index contributed by atoms with van der Waals surface area (Å²) in [5, 5.41) is 22.8. The smallest absolute Gasteiger partial charge is 0.265 e. The summed E-state index contributed by atoms with van der Waals surface area (Å²) in [7, 11) is -3.56. The Hall–Kier alpha value is -2.83. The summed E-state index contributed by atoms with van der Waals surface area (Å²) in [5.74, 6) is 1.29. The summed E-state index contributed by atoms with van der Waals surface area (Å²) in [6.45, 7) is 1.22. The number of hydrogen-bond acceptors (Lipinski definition) is 6. The van der Waals surface area contributed by atoms with Gasteiger partial charge in [0.2, 0.25) is 0 Å². The first-order valence-electron chi connectivity index (χ1n) is 10.3. The summed E-state index contributed by atoms with van der Waals surface area (Å²) < 4.78 is 23.4. The fourth-order valence-corrected chi connectivity index (χ4v) is 4.06. The highest BCUT2D eigenvalue weighted by molar-refractivity contribution is 7.65. The molecule has 3 aromatic carbocycles. The first-order valence-corrected chi connectivity index (χ1v) is 12.2. The first kappa shape index (κ1) is 23.8. The number of hydrogen-bond donors (Lipinski definition) is 4. The van der Waals surface area contributed by atoms with Gasteiger partial charge in [0.15, 0.2) is 6.35 Å². The van der Waals surface area contributed by atoms with Gasteiger partial charge in [-0.25, -0.2) is 0 Å². The second-order valence-corrected chi connectivity index (χ2v) is 9.55. The molecule has 7 nitrogen and oxygen atoms in total. The van der Waals surface area contributed by atoms with Crippen LogP contribution in [0.1, 0.15) is 5.56 Å². The van der Waals surface area contributed by atoms with E-state index in [0.717, 1.165) is 12.0 Å². The highest BCUT2D eigenvalue weighted by atomic mass is 31.2. The molecule has 0 spiro atoms. The zero-order valence-corrected chi connectivity index (χ0v) is 18.5. The summed E-state index contributed by atoms with van der Waals surface area (Å²) >= 11 is 0. The van der Waals surface area contributed by atoms with Crippen molar-refractivity contribution in [2.75, 3.05) is 26.0 Å². The van der Waals surface area contributed by atoms with E-state index in [1.807, 2.05) is 12.1 Å². The maximum Gasteiger partial charge on any atom is 0.265 e. The molecule has 3 rings (SSSR count). The molecule has 0 saturated heterocycles.